The molecule has 2 N–H and O–H groups in total. The molecule has 1 saturated heterocycles. The quantitative estimate of drug-likeness (QED) is 0.384. The minimum atomic E-state index is -3.38. The number of hydrogen-bond acceptors (Lipinski definition) is 7. The van der Waals surface area contributed by atoms with Gasteiger partial charge in [-0.05, 0) is 55.3 Å². The van der Waals surface area contributed by atoms with Crippen LogP contribution in [0.15, 0.2) is 60.9 Å². The van der Waals surface area contributed by atoms with Crippen LogP contribution in [0.2, 0.25) is 0 Å². The fourth-order valence-electron chi connectivity index (χ4n) is 4.84. The summed E-state index contributed by atoms with van der Waals surface area (Å²) in [6, 6.07) is 16.3. The molecule has 0 bridgehead atoms. The molecule has 1 fully saturated rings. The third-order valence-electron chi connectivity index (χ3n) is 6.83. The maximum absolute atomic E-state index is 12.2. The number of aromatic nitrogens is 3. The number of aryl methyl sites for hydroxylation is 1. The highest BCUT2D eigenvalue weighted by Crippen LogP contribution is 2.27. The molecule has 0 unspecified atom stereocenters. The highest BCUT2D eigenvalue weighted by molar-refractivity contribution is 7.92. The second-order valence-corrected chi connectivity index (χ2v) is 11.7. The van der Waals surface area contributed by atoms with E-state index in [0.29, 0.717) is 24.2 Å². The van der Waals surface area contributed by atoms with E-state index in [1.54, 1.807) is 13.2 Å². The van der Waals surface area contributed by atoms with Crippen LogP contribution in [-0.2, 0) is 16.6 Å². The fraction of sp³-hybridized carbons (Fsp3) is 0.333. The number of para-hydroxylation sites is 1. The summed E-state index contributed by atoms with van der Waals surface area (Å²) in [5.74, 6) is 0.511. The molecule has 4 aromatic rings. The van der Waals surface area contributed by atoms with Crippen molar-refractivity contribution in [2.24, 2.45) is 0 Å². The maximum atomic E-state index is 12.2. The SMILES string of the molecule is Cc1cc(Nc2ncc3ccn(Cc4ccccc4N(C)S(C)(=O)=O)c3n2)ccc1N1CCN[C@H](C)C1. The summed E-state index contributed by atoms with van der Waals surface area (Å²) in [5, 5.41) is 7.76. The second-order valence-electron chi connectivity index (χ2n) is 9.70. The zero-order valence-corrected chi connectivity index (χ0v) is 22.5. The molecule has 0 spiro atoms. The van der Waals surface area contributed by atoms with Crippen molar-refractivity contribution in [3.63, 3.8) is 0 Å². The Bertz CT molecular complexity index is 1530. The van der Waals surface area contributed by atoms with Gasteiger partial charge in [-0.15, -0.1) is 0 Å². The largest absolute Gasteiger partial charge is 0.368 e. The monoisotopic (exact) mass is 519 g/mol. The van der Waals surface area contributed by atoms with Gasteiger partial charge in [0.15, 0.2) is 0 Å². The molecule has 2 aromatic carbocycles. The van der Waals surface area contributed by atoms with E-state index < -0.39 is 10.0 Å². The summed E-state index contributed by atoms with van der Waals surface area (Å²) in [4.78, 5) is 11.7. The molecule has 0 amide bonds. The Morgan fingerprint density at radius 3 is 2.76 bits per heavy atom. The van der Waals surface area contributed by atoms with Crippen LogP contribution >= 0.6 is 0 Å². The first-order valence-electron chi connectivity index (χ1n) is 12.4. The third-order valence-corrected chi connectivity index (χ3v) is 8.03. The van der Waals surface area contributed by atoms with Crippen molar-refractivity contribution < 1.29 is 8.42 Å². The molecule has 9 nitrogen and oxygen atoms in total. The first-order valence-corrected chi connectivity index (χ1v) is 14.2. The first kappa shape index (κ1) is 25.0. The third kappa shape index (κ3) is 5.40. The molecule has 2 aromatic heterocycles. The number of rotatable bonds is 7. The number of fused-ring (bicyclic) bond motifs is 1. The Labute approximate surface area is 218 Å². The van der Waals surface area contributed by atoms with Gasteiger partial charge in [-0.25, -0.2) is 13.4 Å². The van der Waals surface area contributed by atoms with E-state index >= 15 is 0 Å². The van der Waals surface area contributed by atoms with Gasteiger partial charge >= 0.3 is 0 Å². The van der Waals surface area contributed by atoms with Crippen molar-refractivity contribution in [1.29, 1.82) is 0 Å². The predicted octanol–water partition coefficient (Wildman–Crippen LogP) is 3.73. The molecular formula is C27H33N7O2S. The van der Waals surface area contributed by atoms with Crippen LogP contribution in [0.5, 0.6) is 0 Å². The van der Waals surface area contributed by atoms with Gasteiger partial charge in [-0.2, -0.15) is 4.98 Å². The molecule has 194 valence electrons. The van der Waals surface area contributed by atoms with Crippen LogP contribution in [0.25, 0.3) is 11.0 Å². The van der Waals surface area contributed by atoms with Crippen LogP contribution in [0, 0.1) is 6.92 Å². The normalized spacial score (nSPS) is 16.2. The van der Waals surface area contributed by atoms with Crippen molar-refractivity contribution >= 4 is 44.1 Å². The summed E-state index contributed by atoms with van der Waals surface area (Å²) in [7, 11) is -1.80. The molecule has 0 saturated carbocycles. The van der Waals surface area contributed by atoms with E-state index in [0.717, 1.165) is 41.9 Å². The van der Waals surface area contributed by atoms with Crippen molar-refractivity contribution in [3.05, 3.63) is 72.1 Å². The molecule has 5 rings (SSSR count). The minimum absolute atomic E-state index is 0.473. The topological polar surface area (TPSA) is 95.4 Å². The lowest BCUT2D eigenvalue weighted by atomic mass is 10.1. The van der Waals surface area contributed by atoms with Crippen molar-refractivity contribution in [3.8, 4) is 0 Å². The van der Waals surface area contributed by atoms with E-state index in [9.17, 15) is 8.42 Å². The van der Waals surface area contributed by atoms with E-state index in [-0.39, 0.29) is 0 Å². The molecule has 1 atom stereocenters. The van der Waals surface area contributed by atoms with Gasteiger partial charge in [0.2, 0.25) is 16.0 Å². The lowest BCUT2D eigenvalue weighted by Gasteiger charge is -2.34. The highest BCUT2D eigenvalue weighted by Gasteiger charge is 2.18. The second kappa shape index (κ2) is 10.0. The molecule has 0 aliphatic carbocycles. The van der Waals surface area contributed by atoms with Gasteiger partial charge < -0.3 is 20.1 Å². The smallest absolute Gasteiger partial charge is 0.232 e. The fourth-order valence-corrected chi connectivity index (χ4v) is 5.38. The maximum Gasteiger partial charge on any atom is 0.232 e. The molecule has 37 heavy (non-hydrogen) atoms. The highest BCUT2D eigenvalue weighted by atomic mass is 32.2. The Balaban J connectivity index is 1.39. The van der Waals surface area contributed by atoms with Crippen LogP contribution in [0.4, 0.5) is 23.0 Å². The van der Waals surface area contributed by atoms with Crippen molar-refractivity contribution in [1.82, 2.24) is 19.9 Å². The van der Waals surface area contributed by atoms with Crippen LogP contribution in [-0.4, -0.2) is 61.9 Å². The van der Waals surface area contributed by atoms with Gasteiger partial charge in [0.1, 0.15) is 5.65 Å². The number of piperazine rings is 1. The van der Waals surface area contributed by atoms with E-state index in [4.69, 9.17) is 4.98 Å². The number of nitrogens with zero attached hydrogens (tertiary/aromatic N) is 5. The zero-order valence-electron chi connectivity index (χ0n) is 21.6. The summed E-state index contributed by atoms with van der Waals surface area (Å²) in [6.45, 7) is 7.80. The summed E-state index contributed by atoms with van der Waals surface area (Å²) >= 11 is 0. The van der Waals surface area contributed by atoms with E-state index in [1.807, 2.05) is 41.1 Å². The standard InChI is InChI=1S/C27H33N7O2S/c1-19-15-23(9-10-24(19)33-14-12-28-20(2)17-33)30-27-29-16-21-11-13-34(26(21)31-27)18-22-7-5-6-8-25(22)32(3)37(4,35)36/h5-11,13,15-16,20,28H,12,14,17-18H2,1-4H3,(H,29,30,31)/t20-/m1/s1. The number of anilines is 4. The van der Waals surface area contributed by atoms with Crippen LogP contribution in [0.3, 0.4) is 0 Å². The van der Waals surface area contributed by atoms with Crippen LogP contribution in [0.1, 0.15) is 18.1 Å². The Hall–Kier alpha value is -3.63. The van der Waals surface area contributed by atoms with Gasteiger partial charge in [0.05, 0.1) is 18.5 Å². The molecular weight excluding hydrogens is 486 g/mol. The van der Waals surface area contributed by atoms with Gasteiger partial charge in [0, 0.05) is 61.9 Å². The number of sulfonamides is 1. The lowest BCUT2D eigenvalue weighted by Crippen LogP contribution is -2.49. The zero-order chi connectivity index (χ0) is 26.2. The Morgan fingerprint density at radius 1 is 1.19 bits per heavy atom. The number of benzene rings is 2. The van der Waals surface area contributed by atoms with Gasteiger partial charge in [0.25, 0.3) is 0 Å². The first-order chi connectivity index (χ1) is 17.7. The summed E-state index contributed by atoms with van der Waals surface area (Å²) in [5.41, 5.74) is 5.69. The predicted molar refractivity (Wildman–Crippen MR) is 150 cm³/mol. The molecule has 1 aliphatic rings. The van der Waals surface area contributed by atoms with E-state index in [1.165, 1.54) is 21.8 Å². The molecule has 0 radical (unpaired) electrons. The average molecular weight is 520 g/mol. The van der Waals surface area contributed by atoms with E-state index in [2.05, 4.69) is 52.6 Å². The number of nitrogens with one attached hydrogen (secondary N) is 2. The minimum Gasteiger partial charge on any atom is -0.368 e. The summed E-state index contributed by atoms with van der Waals surface area (Å²) < 4.78 is 27.6. The molecule has 3 heterocycles. The number of hydrogen-bond donors (Lipinski definition) is 2. The average Bonchev–Trinajstić information content (AvgIpc) is 3.25. The van der Waals surface area contributed by atoms with Gasteiger partial charge in [-0.1, -0.05) is 18.2 Å². The lowest BCUT2D eigenvalue weighted by molar-refractivity contribution is 0.484. The molecule has 10 heteroatoms. The Kier molecular flexibility index (Phi) is 6.78. The van der Waals surface area contributed by atoms with Crippen molar-refractivity contribution in [2.75, 3.05) is 47.5 Å². The molecule has 1 aliphatic heterocycles. The van der Waals surface area contributed by atoms with Crippen LogP contribution < -0.4 is 19.8 Å². The summed E-state index contributed by atoms with van der Waals surface area (Å²) in [6.07, 6.45) is 4.96. The van der Waals surface area contributed by atoms with Crippen molar-refractivity contribution in [2.45, 2.75) is 26.4 Å². The Morgan fingerprint density at radius 2 is 2.00 bits per heavy atom. The van der Waals surface area contributed by atoms with Gasteiger partial charge in [-0.3, -0.25) is 4.31 Å².